The standard InChI is InChI=1S/C36H52O5/c1-23(2)30(37)14-11-24(3)27-12-13-28-32-29(15-16-35(27,28)5)34(4)17-18-36(39-19-20-40-36)22-26(34)21-31(32)41-33(38)25-9-7-6-8-10-25/h6-11,14,23-24,26-32,37H,12-13,15-22H2,1-5H3/b14-11+/t24-,26+,27-,28?,29?,30-,31?,32?,34+,35-/m1/s1. The van der Waals surface area contributed by atoms with Crippen molar-refractivity contribution in [1.29, 1.82) is 0 Å². The van der Waals surface area contributed by atoms with Crippen molar-refractivity contribution in [3.8, 4) is 0 Å². The van der Waals surface area contributed by atoms with Gasteiger partial charge in [0, 0.05) is 18.8 Å². The largest absolute Gasteiger partial charge is 0.458 e. The first-order valence-corrected chi connectivity index (χ1v) is 16.5. The number of carbonyl (C=O) groups is 1. The van der Waals surface area contributed by atoms with Crippen molar-refractivity contribution in [3.05, 3.63) is 48.0 Å². The lowest BCUT2D eigenvalue weighted by atomic mass is 9.43. The third-order valence-corrected chi connectivity index (χ3v) is 12.7. The van der Waals surface area contributed by atoms with Crippen molar-refractivity contribution in [2.45, 2.75) is 104 Å². The Hall–Kier alpha value is -1.69. The number of hydrogen-bond donors (Lipinski definition) is 1. The lowest BCUT2D eigenvalue weighted by Crippen LogP contribution is -2.60. The molecule has 5 aliphatic rings. The molecule has 4 aliphatic carbocycles. The predicted octanol–water partition coefficient (Wildman–Crippen LogP) is 7.43. The zero-order chi connectivity index (χ0) is 29.0. The molecule has 5 heteroatoms. The Morgan fingerprint density at radius 3 is 2.37 bits per heavy atom. The number of esters is 1. The van der Waals surface area contributed by atoms with Gasteiger partial charge in [-0.25, -0.2) is 4.79 Å². The van der Waals surface area contributed by atoms with Gasteiger partial charge in [-0.05, 0) is 97.0 Å². The summed E-state index contributed by atoms with van der Waals surface area (Å²) in [4.78, 5) is 13.5. The average Bonchev–Trinajstić information content (AvgIpc) is 3.56. The molecule has 0 amide bonds. The van der Waals surface area contributed by atoms with E-state index in [9.17, 15) is 9.90 Å². The third kappa shape index (κ3) is 5.12. The van der Waals surface area contributed by atoms with Gasteiger partial charge in [-0.2, -0.15) is 0 Å². The molecular formula is C36H52O5. The molecule has 1 aliphatic heterocycles. The minimum atomic E-state index is -0.436. The van der Waals surface area contributed by atoms with E-state index < -0.39 is 11.9 Å². The molecule has 1 aromatic carbocycles. The Labute approximate surface area is 247 Å². The molecular weight excluding hydrogens is 512 g/mol. The van der Waals surface area contributed by atoms with Gasteiger partial charge in [0.15, 0.2) is 5.79 Å². The predicted molar refractivity (Wildman–Crippen MR) is 160 cm³/mol. The van der Waals surface area contributed by atoms with Crippen LogP contribution in [0.2, 0.25) is 0 Å². The van der Waals surface area contributed by atoms with E-state index in [-0.39, 0.29) is 28.8 Å². The van der Waals surface area contributed by atoms with Crippen LogP contribution in [0.15, 0.2) is 42.5 Å². The lowest BCUT2D eigenvalue weighted by Gasteiger charge is -2.63. The molecule has 0 aromatic heterocycles. The molecule has 10 atom stereocenters. The second-order valence-electron chi connectivity index (χ2n) is 15.1. The summed E-state index contributed by atoms with van der Waals surface area (Å²) in [7, 11) is 0. The number of hydrogen-bond acceptors (Lipinski definition) is 5. The Morgan fingerprint density at radius 1 is 0.951 bits per heavy atom. The summed E-state index contributed by atoms with van der Waals surface area (Å²) >= 11 is 0. The van der Waals surface area contributed by atoms with Crippen molar-refractivity contribution in [2.24, 2.45) is 52.3 Å². The van der Waals surface area contributed by atoms with Gasteiger partial charge in [-0.3, -0.25) is 0 Å². The van der Waals surface area contributed by atoms with Crippen LogP contribution < -0.4 is 0 Å². The first kappa shape index (κ1) is 29.4. The number of ether oxygens (including phenoxy) is 3. The molecule has 5 fully saturated rings. The summed E-state index contributed by atoms with van der Waals surface area (Å²) in [6.45, 7) is 12.9. The number of rotatable bonds is 6. The maximum Gasteiger partial charge on any atom is 0.338 e. The Bertz CT molecular complexity index is 1110. The number of carbonyl (C=O) groups excluding carboxylic acids is 1. The highest BCUT2D eigenvalue weighted by atomic mass is 16.7. The molecule has 6 rings (SSSR count). The van der Waals surface area contributed by atoms with Crippen LogP contribution in [0.4, 0.5) is 0 Å². The number of fused-ring (bicyclic) bond motifs is 5. The number of aliphatic hydroxyl groups excluding tert-OH is 1. The van der Waals surface area contributed by atoms with Crippen molar-refractivity contribution in [1.82, 2.24) is 0 Å². The summed E-state index contributed by atoms with van der Waals surface area (Å²) in [6, 6.07) is 9.53. The molecule has 1 spiro atoms. The van der Waals surface area contributed by atoms with Gasteiger partial charge in [-0.1, -0.05) is 65.0 Å². The molecule has 1 N–H and O–H groups in total. The summed E-state index contributed by atoms with van der Waals surface area (Å²) in [5, 5.41) is 10.4. The van der Waals surface area contributed by atoms with E-state index in [2.05, 4.69) is 40.7 Å². The topological polar surface area (TPSA) is 65.0 Å². The molecule has 1 saturated heterocycles. The quantitative estimate of drug-likeness (QED) is 0.287. The van der Waals surface area contributed by atoms with Crippen molar-refractivity contribution < 1.29 is 24.1 Å². The summed E-state index contributed by atoms with van der Waals surface area (Å²) in [6.07, 6.45) is 12.6. The van der Waals surface area contributed by atoms with Crippen molar-refractivity contribution >= 4 is 5.97 Å². The highest BCUT2D eigenvalue weighted by molar-refractivity contribution is 5.89. The molecule has 5 nitrogen and oxygen atoms in total. The second-order valence-corrected chi connectivity index (χ2v) is 15.1. The van der Waals surface area contributed by atoms with Crippen LogP contribution in [0, 0.1) is 52.3 Å². The van der Waals surface area contributed by atoms with Gasteiger partial charge >= 0.3 is 5.97 Å². The fourth-order valence-corrected chi connectivity index (χ4v) is 10.4. The SMILES string of the molecule is CC(C)[C@H](O)/C=C/[C@@H](C)[C@H]1CCC2C3C(OC(=O)c4ccccc4)C[C@H]4CC5(CC[C@]4(C)C3CC[C@@]21C)OCCO5. The monoisotopic (exact) mass is 564 g/mol. The fraction of sp³-hybridized carbons (Fsp3) is 0.750. The Morgan fingerprint density at radius 2 is 1.66 bits per heavy atom. The van der Waals surface area contributed by atoms with E-state index >= 15 is 0 Å². The Balaban J connectivity index is 1.30. The first-order chi connectivity index (χ1) is 19.6. The summed E-state index contributed by atoms with van der Waals surface area (Å²) in [5.74, 6) is 2.49. The molecule has 0 radical (unpaired) electrons. The normalized spacial score (nSPS) is 41.1. The summed E-state index contributed by atoms with van der Waals surface area (Å²) < 4.78 is 19.0. The van der Waals surface area contributed by atoms with Crippen LogP contribution in [-0.2, 0) is 14.2 Å². The molecule has 1 heterocycles. The number of benzene rings is 1. The molecule has 226 valence electrons. The maximum absolute atomic E-state index is 13.5. The van der Waals surface area contributed by atoms with Gasteiger partial charge < -0.3 is 19.3 Å². The van der Waals surface area contributed by atoms with Gasteiger partial charge in [0.2, 0.25) is 0 Å². The summed E-state index contributed by atoms with van der Waals surface area (Å²) in [5.41, 5.74) is 1.07. The molecule has 4 unspecified atom stereocenters. The van der Waals surface area contributed by atoms with E-state index in [1.807, 2.05) is 36.4 Å². The second kappa shape index (κ2) is 11.1. The molecule has 1 aromatic rings. The molecule has 0 bridgehead atoms. The van der Waals surface area contributed by atoms with Crippen molar-refractivity contribution in [3.63, 3.8) is 0 Å². The van der Waals surface area contributed by atoms with Crippen LogP contribution in [0.5, 0.6) is 0 Å². The minimum absolute atomic E-state index is 0.0840. The fourth-order valence-electron chi connectivity index (χ4n) is 10.4. The number of aliphatic hydroxyl groups is 1. The smallest absolute Gasteiger partial charge is 0.338 e. The van der Waals surface area contributed by atoms with E-state index in [1.54, 1.807) is 0 Å². The molecule has 41 heavy (non-hydrogen) atoms. The van der Waals surface area contributed by atoms with Gasteiger partial charge in [0.1, 0.15) is 6.10 Å². The maximum atomic E-state index is 13.5. The molecule has 4 saturated carbocycles. The zero-order valence-electron chi connectivity index (χ0n) is 25.9. The minimum Gasteiger partial charge on any atom is -0.458 e. The van der Waals surface area contributed by atoms with Gasteiger partial charge in [-0.15, -0.1) is 0 Å². The average molecular weight is 565 g/mol. The van der Waals surface area contributed by atoms with Crippen LogP contribution >= 0.6 is 0 Å². The van der Waals surface area contributed by atoms with E-state index in [4.69, 9.17) is 14.2 Å². The number of allylic oxidation sites excluding steroid dienone is 1. The highest BCUT2D eigenvalue weighted by Gasteiger charge is 2.65. The Kier molecular flexibility index (Phi) is 7.96. The third-order valence-electron chi connectivity index (χ3n) is 12.7. The van der Waals surface area contributed by atoms with Crippen molar-refractivity contribution in [2.75, 3.05) is 13.2 Å². The van der Waals surface area contributed by atoms with Gasteiger partial charge in [0.25, 0.3) is 0 Å². The van der Waals surface area contributed by atoms with Crippen LogP contribution in [0.1, 0.15) is 96.3 Å². The zero-order valence-corrected chi connectivity index (χ0v) is 25.9. The van der Waals surface area contributed by atoms with Crippen LogP contribution in [-0.4, -0.2) is 42.3 Å². The van der Waals surface area contributed by atoms with Gasteiger partial charge in [0.05, 0.1) is 24.9 Å². The first-order valence-electron chi connectivity index (χ1n) is 16.5. The van der Waals surface area contributed by atoms with E-state index in [0.717, 1.165) is 25.7 Å². The van der Waals surface area contributed by atoms with E-state index in [0.29, 0.717) is 54.3 Å². The lowest BCUT2D eigenvalue weighted by molar-refractivity contribution is -0.242. The van der Waals surface area contributed by atoms with E-state index in [1.165, 1.54) is 25.7 Å². The van der Waals surface area contributed by atoms with Crippen LogP contribution in [0.25, 0.3) is 0 Å². The van der Waals surface area contributed by atoms with Crippen LogP contribution in [0.3, 0.4) is 0 Å². The highest BCUT2D eigenvalue weighted by Crippen LogP contribution is 2.69.